The predicted octanol–water partition coefficient (Wildman–Crippen LogP) is 3.55. The third-order valence-electron chi connectivity index (χ3n) is 5.52. The van der Waals surface area contributed by atoms with Gasteiger partial charge in [-0.15, -0.1) is 0 Å². The van der Waals surface area contributed by atoms with Gasteiger partial charge in [-0.25, -0.2) is 0 Å². The second-order valence-corrected chi connectivity index (χ2v) is 8.03. The molecule has 2 N–H and O–H groups in total. The van der Waals surface area contributed by atoms with Crippen molar-refractivity contribution < 1.29 is 9.53 Å². The zero-order chi connectivity index (χ0) is 17.7. The van der Waals surface area contributed by atoms with Crippen LogP contribution < -0.4 is 10.6 Å². The minimum Gasteiger partial charge on any atom is -0.381 e. The Balaban J connectivity index is 1.63. The summed E-state index contributed by atoms with van der Waals surface area (Å²) >= 11 is 12.5. The molecule has 1 aromatic rings. The lowest BCUT2D eigenvalue weighted by Crippen LogP contribution is -2.44. The van der Waals surface area contributed by atoms with Gasteiger partial charge >= 0.3 is 0 Å². The van der Waals surface area contributed by atoms with Crippen LogP contribution >= 0.6 is 23.2 Å². The van der Waals surface area contributed by atoms with Crippen molar-refractivity contribution in [2.24, 2.45) is 5.92 Å². The van der Waals surface area contributed by atoms with Crippen LogP contribution in [0.1, 0.15) is 37.7 Å². The Kier molecular flexibility index (Phi) is 6.61. The van der Waals surface area contributed by atoms with E-state index < -0.39 is 0 Å². The van der Waals surface area contributed by atoms with Gasteiger partial charge in [0, 0.05) is 41.6 Å². The number of hydrogen-bond donors (Lipinski definition) is 2. The van der Waals surface area contributed by atoms with Gasteiger partial charge in [-0.2, -0.15) is 0 Å². The molecule has 25 heavy (non-hydrogen) atoms. The predicted molar refractivity (Wildman–Crippen MR) is 101 cm³/mol. The Hall–Kier alpha value is -0.810. The van der Waals surface area contributed by atoms with E-state index in [-0.39, 0.29) is 11.3 Å². The van der Waals surface area contributed by atoms with Gasteiger partial charge in [0.1, 0.15) is 0 Å². The van der Waals surface area contributed by atoms with Gasteiger partial charge in [-0.1, -0.05) is 29.3 Å². The van der Waals surface area contributed by atoms with Crippen molar-refractivity contribution in [3.63, 3.8) is 0 Å². The van der Waals surface area contributed by atoms with Crippen molar-refractivity contribution in [1.29, 1.82) is 0 Å². The number of benzene rings is 1. The maximum atomic E-state index is 12.3. The summed E-state index contributed by atoms with van der Waals surface area (Å²) in [6, 6.07) is 5.64. The van der Waals surface area contributed by atoms with Gasteiger partial charge in [-0.3, -0.25) is 4.79 Å². The van der Waals surface area contributed by atoms with Crippen molar-refractivity contribution in [2.75, 3.05) is 32.8 Å². The first-order chi connectivity index (χ1) is 12.1. The van der Waals surface area contributed by atoms with Crippen LogP contribution in [0, 0.1) is 5.92 Å². The number of nitrogens with one attached hydrogen (secondary N) is 2. The molecule has 2 aliphatic heterocycles. The fraction of sp³-hybridized carbons (Fsp3) is 0.632. The molecule has 1 atom stereocenters. The Bertz CT molecular complexity index is 597. The van der Waals surface area contributed by atoms with Crippen molar-refractivity contribution >= 4 is 29.1 Å². The maximum absolute atomic E-state index is 12.3. The monoisotopic (exact) mass is 384 g/mol. The average Bonchev–Trinajstić information content (AvgIpc) is 3.12. The van der Waals surface area contributed by atoms with E-state index in [9.17, 15) is 4.79 Å². The van der Waals surface area contributed by atoms with E-state index in [1.165, 1.54) is 6.42 Å². The molecule has 0 saturated carbocycles. The molecule has 6 heteroatoms. The summed E-state index contributed by atoms with van der Waals surface area (Å²) in [5, 5.41) is 7.80. The molecule has 1 aromatic carbocycles. The summed E-state index contributed by atoms with van der Waals surface area (Å²) in [6.07, 6.45) is 4.42. The number of hydrogen-bond acceptors (Lipinski definition) is 3. The fourth-order valence-electron chi connectivity index (χ4n) is 3.88. The summed E-state index contributed by atoms with van der Waals surface area (Å²) < 4.78 is 5.54. The number of carbonyl (C=O) groups is 1. The van der Waals surface area contributed by atoms with Crippen LogP contribution in [0.15, 0.2) is 18.2 Å². The summed E-state index contributed by atoms with van der Waals surface area (Å²) in [6.45, 7) is 4.07. The van der Waals surface area contributed by atoms with E-state index in [2.05, 4.69) is 10.6 Å². The second kappa shape index (κ2) is 8.72. The maximum Gasteiger partial charge on any atom is 0.220 e. The molecule has 0 spiro atoms. The third kappa shape index (κ3) is 4.88. The number of amides is 1. The topological polar surface area (TPSA) is 50.4 Å². The van der Waals surface area contributed by atoms with Crippen LogP contribution in [-0.4, -0.2) is 38.8 Å². The highest BCUT2D eigenvalue weighted by molar-refractivity contribution is 6.35. The molecule has 4 nitrogen and oxygen atoms in total. The van der Waals surface area contributed by atoms with Gasteiger partial charge < -0.3 is 15.4 Å². The molecule has 2 fully saturated rings. The van der Waals surface area contributed by atoms with E-state index in [4.69, 9.17) is 27.9 Å². The molecule has 1 amide bonds. The summed E-state index contributed by atoms with van der Waals surface area (Å²) in [5.41, 5.74) is 0.881. The molecular formula is C19H26Cl2N2O2. The molecule has 0 bridgehead atoms. The Morgan fingerprint density at radius 1 is 1.32 bits per heavy atom. The van der Waals surface area contributed by atoms with E-state index in [0.29, 0.717) is 42.1 Å². The van der Waals surface area contributed by atoms with Crippen molar-refractivity contribution in [2.45, 2.75) is 37.5 Å². The molecule has 2 aliphatic rings. The zero-order valence-corrected chi connectivity index (χ0v) is 16.0. The van der Waals surface area contributed by atoms with E-state index in [1.54, 1.807) is 6.07 Å². The molecule has 3 rings (SSSR count). The Morgan fingerprint density at radius 3 is 2.80 bits per heavy atom. The van der Waals surface area contributed by atoms with Crippen LogP contribution in [0.5, 0.6) is 0 Å². The van der Waals surface area contributed by atoms with Gasteiger partial charge in [0.05, 0.1) is 0 Å². The van der Waals surface area contributed by atoms with Crippen LogP contribution in [0.25, 0.3) is 0 Å². The highest BCUT2D eigenvalue weighted by Crippen LogP contribution is 2.39. The Labute approximate surface area is 159 Å². The van der Waals surface area contributed by atoms with Crippen molar-refractivity contribution in [3.8, 4) is 0 Å². The molecule has 0 aromatic heterocycles. The lowest BCUT2D eigenvalue weighted by atomic mass is 9.74. The van der Waals surface area contributed by atoms with Gasteiger partial charge in [0.15, 0.2) is 0 Å². The molecule has 0 aliphatic carbocycles. The number of rotatable bonds is 6. The SMILES string of the molecule is O=C(CCC1CCNC1)NCC1(c2ccc(Cl)cc2Cl)CCOCC1. The molecule has 0 radical (unpaired) electrons. The van der Waals surface area contributed by atoms with Crippen LogP contribution in [-0.2, 0) is 14.9 Å². The summed E-state index contributed by atoms with van der Waals surface area (Å²) in [7, 11) is 0. The highest BCUT2D eigenvalue weighted by atomic mass is 35.5. The summed E-state index contributed by atoms with van der Waals surface area (Å²) in [5.74, 6) is 0.761. The first kappa shape index (κ1) is 19.0. The minimum absolute atomic E-state index is 0.128. The van der Waals surface area contributed by atoms with E-state index in [0.717, 1.165) is 37.9 Å². The summed E-state index contributed by atoms with van der Waals surface area (Å²) in [4.78, 5) is 12.3. The van der Waals surface area contributed by atoms with E-state index in [1.807, 2.05) is 12.1 Å². The Morgan fingerprint density at radius 2 is 2.12 bits per heavy atom. The first-order valence-corrected chi connectivity index (χ1v) is 9.85. The van der Waals surface area contributed by atoms with Crippen LogP contribution in [0.4, 0.5) is 0 Å². The van der Waals surface area contributed by atoms with Crippen molar-refractivity contribution in [1.82, 2.24) is 10.6 Å². The third-order valence-corrected chi connectivity index (χ3v) is 6.07. The van der Waals surface area contributed by atoms with Gasteiger partial charge in [-0.05, 0) is 62.4 Å². The lowest BCUT2D eigenvalue weighted by molar-refractivity contribution is -0.121. The fourth-order valence-corrected chi connectivity index (χ4v) is 4.48. The highest BCUT2D eigenvalue weighted by Gasteiger charge is 2.36. The zero-order valence-electron chi connectivity index (χ0n) is 14.5. The molecule has 2 heterocycles. The van der Waals surface area contributed by atoms with Gasteiger partial charge in [0.25, 0.3) is 0 Å². The molecule has 2 saturated heterocycles. The van der Waals surface area contributed by atoms with Crippen LogP contribution in [0.3, 0.4) is 0 Å². The van der Waals surface area contributed by atoms with Gasteiger partial charge in [0.2, 0.25) is 5.91 Å². The number of ether oxygens (including phenoxy) is 1. The largest absolute Gasteiger partial charge is 0.381 e. The molecule has 138 valence electrons. The van der Waals surface area contributed by atoms with Crippen LogP contribution in [0.2, 0.25) is 10.0 Å². The number of halogens is 2. The molecule has 1 unspecified atom stereocenters. The standard InChI is InChI=1S/C19H26Cl2N2O2/c20-15-2-3-16(17(21)11-15)19(6-9-25-10-7-19)13-23-18(24)4-1-14-5-8-22-12-14/h2-3,11,14,22H,1,4-10,12-13H2,(H,23,24). The minimum atomic E-state index is -0.176. The second-order valence-electron chi connectivity index (χ2n) is 7.19. The smallest absolute Gasteiger partial charge is 0.220 e. The quantitative estimate of drug-likeness (QED) is 0.788. The van der Waals surface area contributed by atoms with Crippen molar-refractivity contribution in [3.05, 3.63) is 33.8 Å². The lowest BCUT2D eigenvalue weighted by Gasteiger charge is -2.38. The normalized spacial score (nSPS) is 22.7. The van der Waals surface area contributed by atoms with E-state index >= 15 is 0 Å². The molecular weight excluding hydrogens is 359 g/mol. The first-order valence-electron chi connectivity index (χ1n) is 9.10. The number of carbonyl (C=O) groups excluding carboxylic acids is 1. The average molecular weight is 385 g/mol.